The lowest BCUT2D eigenvalue weighted by atomic mass is 10.1. The number of aryl methyl sites for hydroxylation is 1. The number of thiocarbonyl (C=S) groups is 1. The van der Waals surface area contributed by atoms with Gasteiger partial charge in [0.1, 0.15) is 5.57 Å². The highest BCUT2D eigenvalue weighted by atomic mass is 32.1. The zero-order chi connectivity index (χ0) is 17.1. The molecule has 2 amide bonds. The minimum atomic E-state index is -0.452. The summed E-state index contributed by atoms with van der Waals surface area (Å²) in [5, 5.41) is 2.72. The van der Waals surface area contributed by atoms with Gasteiger partial charge in [0, 0.05) is 31.6 Å². The lowest BCUT2D eigenvalue weighted by Gasteiger charge is -2.27. The van der Waals surface area contributed by atoms with E-state index in [-0.39, 0.29) is 16.6 Å². The zero-order valence-electron chi connectivity index (χ0n) is 13.8. The molecule has 7 heteroatoms. The fraction of sp³-hybridized carbons (Fsp3) is 0.438. The molecular weight excluding hydrogens is 314 g/mol. The quantitative estimate of drug-likeness (QED) is 0.502. The van der Waals surface area contributed by atoms with Crippen molar-refractivity contribution in [3.05, 3.63) is 28.6 Å². The van der Waals surface area contributed by atoms with Gasteiger partial charge in [0.25, 0.3) is 11.8 Å². The van der Waals surface area contributed by atoms with Crippen LogP contribution in [0.25, 0.3) is 6.08 Å². The molecule has 1 aromatic rings. The van der Waals surface area contributed by atoms with Gasteiger partial charge in [0.15, 0.2) is 5.11 Å². The number of hydrogen-bond donors (Lipinski definition) is 1. The van der Waals surface area contributed by atoms with Crippen molar-refractivity contribution < 1.29 is 14.3 Å². The van der Waals surface area contributed by atoms with Gasteiger partial charge in [0.05, 0.1) is 6.61 Å². The fourth-order valence-electron chi connectivity index (χ4n) is 2.64. The second-order valence-electron chi connectivity index (χ2n) is 5.34. The summed E-state index contributed by atoms with van der Waals surface area (Å²) < 4.78 is 7.21. The summed E-state index contributed by atoms with van der Waals surface area (Å²) in [5.74, 6) is -0.811. The first-order chi connectivity index (χ1) is 10.9. The van der Waals surface area contributed by atoms with Crippen molar-refractivity contribution in [2.24, 2.45) is 0 Å². The van der Waals surface area contributed by atoms with Crippen LogP contribution >= 0.6 is 12.2 Å². The minimum absolute atomic E-state index is 0.104. The molecule has 0 bridgehead atoms. The van der Waals surface area contributed by atoms with Crippen molar-refractivity contribution in [3.8, 4) is 0 Å². The van der Waals surface area contributed by atoms with Gasteiger partial charge in [-0.1, -0.05) is 0 Å². The number of nitrogens with one attached hydrogen (secondary N) is 1. The number of ether oxygens (including phenoxy) is 1. The maximum absolute atomic E-state index is 12.4. The van der Waals surface area contributed by atoms with E-state index in [1.165, 1.54) is 4.90 Å². The molecule has 1 aliphatic rings. The molecule has 0 saturated carbocycles. The number of aromatic nitrogens is 1. The van der Waals surface area contributed by atoms with Crippen LogP contribution < -0.4 is 5.32 Å². The van der Waals surface area contributed by atoms with Crippen molar-refractivity contribution in [3.63, 3.8) is 0 Å². The van der Waals surface area contributed by atoms with E-state index >= 15 is 0 Å². The first kappa shape index (κ1) is 17.4. The third-order valence-corrected chi connectivity index (χ3v) is 4.26. The highest BCUT2D eigenvalue weighted by molar-refractivity contribution is 7.80. The highest BCUT2D eigenvalue weighted by Gasteiger charge is 2.32. The predicted molar refractivity (Wildman–Crippen MR) is 91.9 cm³/mol. The topological polar surface area (TPSA) is 63.6 Å². The van der Waals surface area contributed by atoms with Crippen LogP contribution in [0.3, 0.4) is 0 Å². The Morgan fingerprint density at radius 3 is 2.65 bits per heavy atom. The molecule has 1 aromatic heterocycles. The summed E-state index contributed by atoms with van der Waals surface area (Å²) in [5.41, 5.74) is 3.00. The van der Waals surface area contributed by atoms with Crippen molar-refractivity contribution in [1.82, 2.24) is 14.8 Å². The number of likely N-dealkylation sites (N-methyl/N-ethyl adjacent to an activating group) is 1. The van der Waals surface area contributed by atoms with Gasteiger partial charge in [-0.05, 0) is 50.7 Å². The van der Waals surface area contributed by atoms with Gasteiger partial charge in [-0.15, -0.1) is 0 Å². The fourth-order valence-corrected chi connectivity index (χ4v) is 2.94. The number of nitrogens with zero attached hydrogens (tertiary/aromatic N) is 2. The SMILES string of the molecule is CCN1C(=O)/C(=C/c2cc(C)n(CCOC)c2C)C(=O)NC1=S. The Balaban J connectivity index is 2.39. The normalized spacial score (nSPS) is 17.1. The minimum Gasteiger partial charge on any atom is -0.383 e. The third-order valence-electron chi connectivity index (χ3n) is 3.93. The Morgan fingerprint density at radius 2 is 2.04 bits per heavy atom. The number of amides is 2. The van der Waals surface area contributed by atoms with Crippen LogP contribution in [0.4, 0.5) is 0 Å². The van der Waals surface area contributed by atoms with Crippen LogP contribution in [0.15, 0.2) is 11.6 Å². The van der Waals surface area contributed by atoms with Crippen LogP contribution in [0, 0.1) is 13.8 Å². The van der Waals surface area contributed by atoms with Crippen LogP contribution in [0.2, 0.25) is 0 Å². The Kier molecular flexibility index (Phi) is 5.33. The summed E-state index contributed by atoms with van der Waals surface area (Å²) in [6.45, 7) is 7.51. The first-order valence-corrected chi connectivity index (χ1v) is 7.86. The predicted octanol–water partition coefficient (Wildman–Crippen LogP) is 1.40. The lowest BCUT2D eigenvalue weighted by Crippen LogP contribution is -2.53. The van der Waals surface area contributed by atoms with E-state index in [0.717, 1.165) is 23.5 Å². The molecule has 0 aromatic carbocycles. The summed E-state index contributed by atoms with van der Waals surface area (Å²) in [6, 6.07) is 1.96. The Hall–Kier alpha value is -1.99. The van der Waals surface area contributed by atoms with Gasteiger partial charge in [-0.25, -0.2) is 0 Å². The molecule has 1 saturated heterocycles. The van der Waals surface area contributed by atoms with Crippen molar-refractivity contribution in [2.75, 3.05) is 20.3 Å². The average Bonchev–Trinajstić information content (AvgIpc) is 2.76. The molecule has 0 spiro atoms. The molecule has 6 nitrogen and oxygen atoms in total. The molecular formula is C16H21N3O3S. The summed E-state index contributed by atoms with van der Waals surface area (Å²) in [7, 11) is 1.66. The monoisotopic (exact) mass is 335 g/mol. The van der Waals surface area contributed by atoms with E-state index in [1.54, 1.807) is 13.2 Å². The smallest absolute Gasteiger partial charge is 0.265 e. The Labute approximate surface area is 141 Å². The van der Waals surface area contributed by atoms with Gasteiger partial charge in [-0.3, -0.25) is 19.8 Å². The number of carbonyl (C=O) groups excluding carboxylic acids is 2. The van der Waals surface area contributed by atoms with E-state index in [9.17, 15) is 9.59 Å². The molecule has 2 heterocycles. The molecule has 0 aliphatic carbocycles. The summed E-state index contributed by atoms with van der Waals surface area (Å²) >= 11 is 5.02. The van der Waals surface area contributed by atoms with Crippen LogP contribution in [-0.2, 0) is 20.9 Å². The second kappa shape index (κ2) is 7.06. The zero-order valence-corrected chi connectivity index (χ0v) is 14.6. The standard InChI is InChI=1S/C16H21N3O3S/c1-5-18-15(21)13(14(20)17-16(18)23)9-12-8-10(2)19(11(12)3)6-7-22-4/h8-9H,5-7H2,1-4H3,(H,17,20,23)/b13-9+. The Bertz CT molecular complexity index is 691. The molecule has 1 N–H and O–H groups in total. The van der Waals surface area contributed by atoms with E-state index in [1.807, 2.05) is 26.8 Å². The Morgan fingerprint density at radius 1 is 1.35 bits per heavy atom. The highest BCUT2D eigenvalue weighted by Crippen LogP contribution is 2.20. The molecule has 0 atom stereocenters. The summed E-state index contributed by atoms with van der Waals surface area (Å²) in [6.07, 6.45) is 1.63. The molecule has 0 unspecified atom stereocenters. The van der Waals surface area contributed by atoms with Gasteiger partial charge in [-0.2, -0.15) is 0 Å². The van der Waals surface area contributed by atoms with E-state index in [4.69, 9.17) is 17.0 Å². The maximum atomic E-state index is 12.4. The average molecular weight is 335 g/mol. The lowest BCUT2D eigenvalue weighted by molar-refractivity contribution is -0.128. The van der Waals surface area contributed by atoms with Gasteiger partial charge < -0.3 is 9.30 Å². The van der Waals surface area contributed by atoms with Crippen LogP contribution in [0.1, 0.15) is 23.9 Å². The molecule has 0 radical (unpaired) electrons. The van der Waals surface area contributed by atoms with Crippen LogP contribution in [-0.4, -0.2) is 46.7 Å². The van der Waals surface area contributed by atoms with E-state index < -0.39 is 5.91 Å². The molecule has 2 rings (SSSR count). The number of methoxy groups -OCH3 is 1. The molecule has 1 aliphatic heterocycles. The number of rotatable bonds is 5. The number of carbonyl (C=O) groups is 2. The van der Waals surface area contributed by atoms with Crippen molar-refractivity contribution in [1.29, 1.82) is 0 Å². The van der Waals surface area contributed by atoms with Gasteiger partial charge in [0.2, 0.25) is 0 Å². The van der Waals surface area contributed by atoms with Crippen molar-refractivity contribution in [2.45, 2.75) is 27.3 Å². The van der Waals surface area contributed by atoms with E-state index in [0.29, 0.717) is 13.2 Å². The molecule has 23 heavy (non-hydrogen) atoms. The van der Waals surface area contributed by atoms with Crippen LogP contribution in [0.5, 0.6) is 0 Å². The molecule has 124 valence electrons. The maximum Gasteiger partial charge on any atom is 0.265 e. The molecule has 1 fully saturated rings. The van der Waals surface area contributed by atoms with E-state index in [2.05, 4.69) is 9.88 Å². The van der Waals surface area contributed by atoms with Gasteiger partial charge >= 0.3 is 0 Å². The number of hydrogen-bond acceptors (Lipinski definition) is 4. The summed E-state index contributed by atoms with van der Waals surface area (Å²) in [4.78, 5) is 25.9. The second-order valence-corrected chi connectivity index (χ2v) is 5.72. The largest absolute Gasteiger partial charge is 0.383 e. The van der Waals surface area contributed by atoms with Crippen molar-refractivity contribution >= 4 is 35.2 Å². The third kappa shape index (κ3) is 3.35. The first-order valence-electron chi connectivity index (χ1n) is 7.45.